The Morgan fingerprint density at radius 3 is 2.30 bits per heavy atom. The fourth-order valence-electron chi connectivity index (χ4n) is 2.08. The minimum atomic E-state index is -0.607. The van der Waals surface area contributed by atoms with E-state index >= 15 is 0 Å². The topological polar surface area (TPSA) is 120 Å². The molecule has 2 N–H and O–H groups in total. The zero-order chi connectivity index (χ0) is 19.8. The summed E-state index contributed by atoms with van der Waals surface area (Å²) in [7, 11) is 2.91. The number of non-ortho nitro benzene ring substituents is 1. The highest BCUT2D eigenvalue weighted by Crippen LogP contribution is 2.22. The maximum Gasteiger partial charge on any atom is 0.270 e. The van der Waals surface area contributed by atoms with Crippen molar-refractivity contribution in [2.24, 2.45) is 0 Å². The van der Waals surface area contributed by atoms with E-state index in [1.165, 1.54) is 50.6 Å². The van der Waals surface area contributed by atoms with Crippen molar-refractivity contribution in [3.05, 3.63) is 69.8 Å². The quantitative estimate of drug-likeness (QED) is 0.456. The number of nitro groups is 1. The summed E-state index contributed by atoms with van der Waals surface area (Å²) in [6, 6.07) is 10.4. The first-order chi connectivity index (χ1) is 12.9. The van der Waals surface area contributed by atoms with Crippen molar-refractivity contribution in [2.45, 2.75) is 0 Å². The van der Waals surface area contributed by atoms with Crippen molar-refractivity contribution < 1.29 is 24.0 Å². The summed E-state index contributed by atoms with van der Waals surface area (Å²) in [5, 5.41) is 10.7. The lowest BCUT2D eigenvalue weighted by Gasteiger charge is -2.09. The van der Waals surface area contributed by atoms with E-state index in [-0.39, 0.29) is 11.3 Å². The number of hydrazine groups is 1. The Hall–Kier alpha value is -3.88. The molecule has 0 atom stereocenters. The standard InChI is InChI=1S/C18H17N3O6/c1-26-15-9-13(10-16(11-15)27-2)18(23)20-19-17(22)7-6-12-4-3-5-14(8-12)21(24)25/h3-11H,1-2H3,(H,19,22)(H,20,23)/b7-6+. The molecule has 0 spiro atoms. The number of methoxy groups -OCH3 is 2. The number of amides is 2. The van der Waals surface area contributed by atoms with Crippen LogP contribution < -0.4 is 20.3 Å². The average molecular weight is 371 g/mol. The van der Waals surface area contributed by atoms with Gasteiger partial charge in [0.25, 0.3) is 17.5 Å². The van der Waals surface area contributed by atoms with E-state index in [4.69, 9.17) is 9.47 Å². The van der Waals surface area contributed by atoms with Crippen LogP contribution in [0.3, 0.4) is 0 Å². The van der Waals surface area contributed by atoms with Gasteiger partial charge in [-0.2, -0.15) is 0 Å². The zero-order valence-corrected chi connectivity index (χ0v) is 14.6. The normalized spacial score (nSPS) is 10.3. The van der Waals surface area contributed by atoms with Crippen LogP contribution in [0.5, 0.6) is 11.5 Å². The van der Waals surface area contributed by atoms with Crippen LogP contribution in [0, 0.1) is 10.1 Å². The summed E-state index contributed by atoms with van der Waals surface area (Å²) < 4.78 is 10.2. The smallest absolute Gasteiger partial charge is 0.270 e. The number of carbonyl (C=O) groups excluding carboxylic acids is 2. The molecule has 27 heavy (non-hydrogen) atoms. The summed E-state index contributed by atoms with van der Waals surface area (Å²) >= 11 is 0. The molecule has 2 amide bonds. The van der Waals surface area contributed by atoms with Gasteiger partial charge in [-0.25, -0.2) is 0 Å². The maximum absolute atomic E-state index is 12.1. The van der Waals surface area contributed by atoms with Crippen LogP contribution in [0.4, 0.5) is 5.69 Å². The van der Waals surface area contributed by atoms with Crippen molar-refractivity contribution in [1.82, 2.24) is 10.9 Å². The third-order valence-corrected chi connectivity index (χ3v) is 3.42. The minimum Gasteiger partial charge on any atom is -0.497 e. The molecule has 0 saturated carbocycles. The van der Waals surface area contributed by atoms with E-state index in [9.17, 15) is 19.7 Å². The van der Waals surface area contributed by atoms with Gasteiger partial charge in [0.1, 0.15) is 11.5 Å². The van der Waals surface area contributed by atoms with Crippen LogP contribution in [0.15, 0.2) is 48.5 Å². The molecular formula is C18H17N3O6. The summed E-state index contributed by atoms with van der Waals surface area (Å²) in [6.07, 6.45) is 2.54. The second-order valence-corrected chi connectivity index (χ2v) is 5.23. The first-order valence-electron chi connectivity index (χ1n) is 7.69. The number of nitro benzene ring substituents is 1. The number of rotatable bonds is 6. The Morgan fingerprint density at radius 1 is 1.04 bits per heavy atom. The number of nitrogens with one attached hydrogen (secondary N) is 2. The Morgan fingerprint density at radius 2 is 1.70 bits per heavy atom. The van der Waals surface area contributed by atoms with Crippen molar-refractivity contribution >= 4 is 23.6 Å². The highest BCUT2D eigenvalue weighted by atomic mass is 16.6. The summed E-state index contributed by atoms with van der Waals surface area (Å²) in [6.45, 7) is 0. The van der Waals surface area contributed by atoms with Gasteiger partial charge in [0, 0.05) is 29.8 Å². The van der Waals surface area contributed by atoms with Gasteiger partial charge in [0.05, 0.1) is 19.1 Å². The van der Waals surface area contributed by atoms with Gasteiger partial charge in [-0.05, 0) is 23.8 Å². The predicted octanol–water partition coefficient (Wildman–Crippen LogP) is 2.09. The molecule has 0 fully saturated rings. The van der Waals surface area contributed by atoms with E-state index in [0.717, 1.165) is 6.08 Å². The first-order valence-corrected chi connectivity index (χ1v) is 7.69. The molecule has 9 nitrogen and oxygen atoms in total. The van der Waals surface area contributed by atoms with Gasteiger partial charge in [0.2, 0.25) is 0 Å². The van der Waals surface area contributed by atoms with Crippen LogP contribution in [-0.2, 0) is 4.79 Å². The van der Waals surface area contributed by atoms with Gasteiger partial charge < -0.3 is 9.47 Å². The Bertz CT molecular complexity index is 872. The fraction of sp³-hybridized carbons (Fsp3) is 0.111. The van der Waals surface area contributed by atoms with E-state index < -0.39 is 16.7 Å². The van der Waals surface area contributed by atoms with Crippen molar-refractivity contribution in [3.8, 4) is 11.5 Å². The summed E-state index contributed by atoms with van der Waals surface area (Å²) in [5.41, 5.74) is 5.10. The van der Waals surface area contributed by atoms with Gasteiger partial charge in [-0.1, -0.05) is 12.1 Å². The van der Waals surface area contributed by atoms with Crippen molar-refractivity contribution in [3.63, 3.8) is 0 Å². The van der Waals surface area contributed by atoms with Crippen LogP contribution in [0.2, 0.25) is 0 Å². The molecule has 140 valence electrons. The van der Waals surface area contributed by atoms with E-state index in [2.05, 4.69) is 10.9 Å². The second-order valence-electron chi connectivity index (χ2n) is 5.23. The highest BCUT2D eigenvalue weighted by molar-refractivity contribution is 5.98. The Balaban J connectivity index is 1.98. The van der Waals surface area contributed by atoms with Gasteiger partial charge in [-0.15, -0.1) is 0 Å². The number of ether oxygens (including phenoxy) is 2. The van der Waals surface area contributed by atoms with E-state index in [1.54, 1.807) is 12.1 Å². The molecule has 0 aliphatic rings. The number of nitrogens with zero attached hydrogens (tertiary/aromatic N) is 1. The van der Waals surface area contributed by atoms with Crippen LogP contribution in [-0.4, -0.2) is 31.0 Å². The molecule has 0 bridgehead atoms. The lowest BCUT2D eigenvalue weighted by atomic mass is 10.2. The third kappa shape index (κ3) is 5.56. The molecular weight excluding hydrogens is 354 g/mol. The Labute approximate surface area is 154 Å². The molecule has 2 rings (SSSR count). The maximum atomic E-state index is 12.1. The number of hydrogen-bond acceptors (Lipinski definition) is 6. The number of hydrogen-bond donors (Lipinski definition) is 2. The molecule has 0 saturated heterocycles. The van der Waals surface area contributed by atoms with Gasteiger partial charge in [-0.3, -0.25) is 30.6 Å². The van der Waals surface area contributed by atoms with Gasteiger partial charge in [0.15, 0.2) is 0 Å². The molecule has 0 aliphatic carbocycles. The Kier molecular flexibility index (Phi) is 6.48. The van der Waals surface area contributed by atoms with Gasteiger partial charge >= 0.3 is 0 Å². The molecule has 0 radical (unpaired) electrons. The second kappa shape index (κ2) is 8.99. The third-order valence-electron chi connectivity index (χ3n) is 3.42. The molecule has 9 heteroatoms. The van der Waals surface area contributed by atoms with E-state index in [0.29, 0.717) is 17.1 Å². The van der Waals surface area contributed by atoms with Crippen LogP contribution in [0.1, 0.15) is 15.9 Å². The fourth-order valence-corrected chi connectivity index (χ4v) is 2.08. The molecule has 0 unspecified atom stereocenters. The van der Waals surface area contributed by atoms with Crippen molar-refractivity contribution in [1.29, 1.82) is 0 Å². The monoisotopic (exact) mass is 371 g/mol. The molecule has 0 heterocycles. The molecule has 2 aromatic rings. The lowest BCUT2D eigenvalue weighted by molar-refractivity contribution is -0.384. The predicted molar refractivity (Wildman–Crippen MR) is 97.3 cm³/mol. The summed E-state index contributed by atoms with van der Waals surface area (Å²) in [4.78, 5) is 34.2. The molecule has 0 aliphatic heterocycles. The number of carbonyl (C=O) groups is 2. The highest BCUT2D eigenvalue weighted by Gasteiger charge is 2.10. The number of benzene rings is 2. The summed E-state index contributed by atoms with van der Waals surface area (Å²) in [5.74, 6) is -0.318. The lowest BCUT2D eigenvalue weighted by Crippen LogP contribution is -2.40. The van der Waals surface area contributed by atoms with Crippen LogP contribution in [0.25, 0.3) is 6.08 Å². The minimum absolute atomic E-state index is 0.0853. The zero-order valence-electron chi connectivity index (χ0n) is 14.6. The molecule has 0 aromatic heterocycles. The largest absolute Gasteiger partial charge is 0.497 e. The molecule has 2 aromatic carbocycles. The van der Waals surface area contributed by atoms with E-state index in [1.807, 2.05) is 0 Å². The van der Waals surface area contributed by atoms with Crippen molar-refractivity contribution in [2.75, 3.05) is 14.2 Å². The van der Waals surface area contributed by atoms with Crippen LogP contribution >= 0.6 is 0 Å². The SMILES string of the molecule is COc1cc(OC)cc(C(=O)NNC(=O)/C=C/c2cccc([N+](=O)[O-])c2)c1. The average Bonchev–Trinajstić information content (AvgIpc) is 2.70. The first kappa shape index (κ1) is 19.4.